The fraction of sp³-hybridized carbons (Fsp3) is 0.579. The maximum Gasteiger partial charge on any atom is 1.00 e. The minimum absolute atomic E-state index is 0. The van der Waals surface area contributed by atoms with Gasteiger partial charge in [0.1, 0.15) is 30.2 Å². The van der Waals surface area contributed by atoms with Gasteiger partial charge in [-0.05, 0) is 12.5 Å². The summed E-state index contributed by atoms with van der Waals surface area (Å²) in [5.74, 6) is -1.28. The Labute approximate surface area is 200 Å². The van der Waals surface area contributed by atoms with Crippen LogP contribution in [0.25, 0.3) is 0 Å². The molecule has 6 unspecified atom stereocenters. The first-order valence-electron chi connectivity index (χ1n) is 9.59. The number of amides is 1. The van der Waals surface area contributed by atoms with Crippen LogP contribution in [-0.2, 0) is 25.6 Å². The molecule has 4 N–H and O–H groups in total. The van der Waals surface area contributed by atoms with E-state index in [-0.39, 0.29) is 35.8 Å². The predicted octanol–water partition coefficient (Wildman–Crippen LogP) is -3.78. The number of carboxylic acid groups (broad SMARTS) is 1. The third-order valence-electron chi connectivity index (χ3n) is 4.82. The Morgan fingerprint density at radius 3 is 2.65 bits per heavy atom. The van der Waals surface area contributed by atoms with Gasteiger partial charge < -0.3 is 44.2 Å². The summed E-state index contributed by atoms with van der Waals surface area (Å²) in [5.41, 5.74) is 1.12. The molecule has 0 saturated carbocycles. The second-order valence-electron chi connectivity index (χ2n) is 7.07. The monoisotopic (exact) mass is 449 g/mol. The third kappa shape index (κ3) is 6.30. The predicted molar refractivity (Wildman–Crippen MR) is 97.0 cm³/mol. The average Bonchev–Trinajstić information content (AvgIpc) is 2.72. The number of benzene rings is 1. The molecule has 2 aliphatic rings. The average molecular weight is 449 g/mol. The van der Waals surface area contributed by atoms with E-state index in [0.29, 0.717) is 18.0 Å². The number of aliphatic carboxylic acids is 1. The number of unbranched alkanes of at least 4 members (excludes halogenated alkanes) is 1. The Bertz CT molecular complexity index is 778. The number of carbonyl (C=O) groups is 2. The Hall–Kier alpha value is -1.44. The summed E-state index contributed by atoms with van der Waals surface area (Å²) in [6.45, 7) is 2.44. The fourth-order valence-corrected chi connectivity index (χ4v) is 3.13. The van der Waals surface area contributed by atoms with Gasteiger partial charge in [0, 0.05) is 23.7 Å². The van der Waals surface area contributed by atoms with Crippen LogP contribution in [0.4, 0.5) is 10.5 Å². The van der Waals surface area contributed by atoms with E-state index in [9.17, 15) is 30.0 Å². The van der Waals surface area contributed by atoms with Crippen molar-refractivity contribution < 1.29 is 78.5 Å². The summed E-state index contributed by atoms with van der Waals surface area (Å²) in [6.07, 6.45) is -8.26. The standard InChI is InChI=1S/C19H25NO10.Na/c1-2-3-4-12-27-8-9-5-6-10(7-11(9)28-12)20-19(26)30-18-15(23)13(21)14(22)16(29-18)17(24)25;/h5-7,12-16,18,21-23H,2-4,8H2,1H3,(H,20,26)(H,24,25);/q;+1/p-1. The minimum atomic E-state index is -1.97. The van der Waals surface area contributed by atoms with E-state index < -0.39 is 42.8 Å². The van der Waals surface area contributed by atoms with Crippen LogP contribution in [0, 0.1) is 0 Å². The first-order chi connectivity index (χ1) is 14.3. The number of anilines is 1. The quantitative estimate of drug-likeness (QED) is 0.317. The number of aliphatic hydroxyl groups is 3. The minimum Gasteiger partial charge on any atom is -0.547 e. The van der Waals surface area contributed by atoms with Gasteiger partial charge in [-0.15, -0.1) is 0 Å². The smallest absolute Gasteiger partial charge is 0.547 e. The summed E-state index contributed by atoms with van der Waals surface area (Å²) in [5, 5.41) is 42.7. The summed E-state index contributed by atoms with van der Waals surface area (Å²) in [7, 11) is 0. The Morgan fingerprint density at radius 1 is 1.23 bits per heavy atom. The molecule has 2 heterocycles. The van der Waals surface area contributed by atoms with E-state index in [1.807, 2.05) is 0 Å². The molecule has 11 nitrogen and oxygen atoms in total. The number of hydrogen-bond acceptors (Lipinski definition) is 10. The molecule has 1 amide bonds. The molecule has 0 radical (unpaired) electrons. The van der Waals surface area contributed by atoms with Crippen LogP contribution in [0.2, 0.25) is 0 Å². The molecule has 2 aliphatic heterocycles. The zero-order chi connectivity index (χ0) is 21.8. The summed E-state index contributed by atoms with van der Waals surface area (Å²) in [4.78, 5) is 23.2. The van der Waals surface area contributed by atoms with Gasteiger partial charge >= 0.3 is 35.7 Å². The molecular weight excluding hydrogens is 425 g/mol. The summed E-state index contributed by atoms with van der Waals surface area (Å²) in [6, 6.07) is 4.87. The summed E-state index contributed by atoms with van der Waals surface area (Å²) >= 11 is 0. The SMILES string of the molecule is CCCCC1OCc2ccc(NC(=O)OC3OC(C(=O)[O-])C(O)C(O)C3O)cc2O1.[Na+]. The molecule has 1 saturated heterocycles. The van der Waals surface area contributed by atoms with E-state index >= 15 is 0 Å². The van der Waals surface area contributed by atoms with E-state index in [1.165, 1.54) is 0 Å². The molecular formula is C19H24NNaO10. The molecule has 1 aromatic rings. The van der Waals surface area contributed by atoms with Crippen LogP contribution < -0.4 is 44.7 Å². The molecule has 12 heteroatoms. The van der Waals surface area contributed by atoms with Gasteiger partial charge in [-0.2, -0.15) is 0 Å². The number of aliphatic hydroxyl groups excluding tert-OH is 3. The fourth-order valence-electron chi connectivity index (χ4n) is 3.13. The normalized spacial score (nSPS) is 29.7. The van der Waals surface area contributed by atoms with Crippen LogP contribution in [-0.4, -0.2) is 64.4 Å². The zero-order valence-electron chi connectivity index (χ0n) is 17.2. The topological polar surface area (TPSA) is 167 Å². The van der Waals surface area contributed by atoms with Gasteiger partial charge in [0.05, 0.1) is 12.6 Å². The second kappa shape index (κ2) is 11.4. The number of carbonyl (C=O) groups excluding carboxylic acids is 2. The van der Waals surface area contributed by atoms with Gasteiger partial charge in [0.15, 0.2) is 6.29 Å². The van der Waals surface area contributed by atoms with Crippen LogP contribution >= 0.6 is 0 Å². The van der Waals surface area contributed by atoms with Crippen molar-refractivity contribution in [3.8, 4) is 5.75 Å². The zero-order valence-corrected chi connectivity index (χ0v) is 19.2. The molecule has 1 aromatic carbocycles. The first-order valence-corrected chi connectivity index (χ1v) is 9.59. The molecule has 6 atom stereocenters. The molecule has 0 bridgehead atoms. The number of carboxylic acids is 1. The van der Waals surface area contributed by atoms with Crippen molar-refractivity contribution in [3.63, 3.8) is 0 Å². The molecule has 166 valence electrons. The molecule has 31 heavy (non-hydrogen) atoms. The molecule has 0 aliphatic carbocycles. The van der Waals surface area contributed by atoms with Gasteiger partial charge in [0.25, 0.3) is 0 Å². The van der Waals surface area contributed by atoms with E-state index in [4.69, 9.17) is 18.9 Å². The summed E-state index contributed by atoms with van der Waals surface area (Å²) < 4.78 is 21.1. The number of hydrogen-bond donors (Lipinski definition) is 4. The van der Waals surface area contributed by atoms with Crippen molar-refractivity contribution in [3.05, 3.63) is 23.8 Å². The Kier molecular flexibility index (Phi) is 9.52. The van der Waals surface area contributed by atoms with Crippen LogP contribution in [0.5, 0.6) is 5.75 Å². The van der Waals surface area contributed by atoms with Crippen molar-refractivity contribution in [1.82, 2.24) is 0 Å². The first kappa shape index (κ1) is 25.8. The second-order valence-corrected chi connectivity index (χ2v) is 7.07. The van der Waals surface area contributed by atoms with Crippen molar-refractivity contribution >= 4 is 17.7 Å². The van der Waals surface area contributed by atoms with E-state index in [2.05, 4.69) is 12.2 Å². The van der Waals surface area contributed by atoms with Crippen LogP contribution in [0.15, 0.2) is 18.2 Å². The number of nitrogens with one attached hydrogen (secondary N) is 1. The Morgan fingerprint density at radius 2 is 1.97 bits per heavy atom. The van der Waals surface area contributed by atoms with Crippen molar-refractivity contribution in [2.45, 2.75) is 69.8 Å². The molecule has 0 aromatic heterocycles. The van der Waals surface area contributed by atoms with Gasteiger partial charge in [0.2, 0.25) is 6.29 Å². The molecule has 0 spiro atoms. The maximum absolute atomic E-state index is 12.2. The van der Waals surface area contributed by atoms with E-state index in [0.717, 1.165) is 24.8 Å². The molecule has 1 fully saturated rings. The molecule has 3 rings (SSSR count). The van der Waals surface area contributed by atoms with E-state index in [1.54, 1.807) is 18.2 Å². The third-order valence-corrected chi connectivity index (χ3v) is 4.82. The number of fused-ring (bicyclic) bond motifs is 1. The van der Waals surface area contributed by atoms with Crippen LogP contribution in [0.1, 0.15) is 31.7 Å². The van der Waals surface area contributed by atoms with Crippen LogP contribution in [0.3, 0.4) is 0 Å². The maximum atomic E-state index is 12.2. The van der Waals surface area contributed by atoms with Crippen molar-refractivity contribution in [1.29, 1.82) is 0 Å². The van der Waals surface area contributed by atoms with Gasteiger partial charge in [-0.1, -0.05) is 19.4 Å². The Balaban J connectivity index is 0.00000341. The number of rotatable bonds is 6. The van der Waals surface area contributed by atoms with Gasteiger partial charge in [-0.25, -0.2) is 4.79 Å². The van der Waals surface area contributed by atoms with Crippen molar-refractivity contribution in [2.24, 2.45) is 0 Å². The van der Waals surface area contributed by atoms with Gasteiger partial charge in [-0.3, -0.25) is 5.32 Å². The number of ether oxygens (including phenoxy) is 4. The largest absolute Gasteiger partial charge is 1.00 e. The van der Waals surface area contributed by atoms with Crippen molar-refractivity contribution in [2.75, 3.05) is 5.32 Å².